The van der Waals surface area contributed by atoms with E-state index < -0.39 is 0 Å². The van der Waals surface area contributed by atoms with E-state index in [1.807, 2.05) is 46.6 Å². The van der Waals surface area contributed by atoms with Crippen LogP contribution in [0.2, 0.25) is 0 Å². The molecule has 124 valence electrons. The first-order chi connectivity index (χ1) is 11.7. The van der Waals surface area contributed by atoms with Crippen molar-refractivity contribution in [3.63, 3.8) is 0 Å². The fraction of sp³-hybridized carbons (Fsp3) is 0.353. The second-order valence-electron chi connectivity index (χ2n) is 6.01. The number of ether oxygens (including phenoxy) is 1. The van der Waals surface area contributed by atoms with Crippen molar-refractivity contribution in [1.82, 2.24) is 24.3 Å². The third-order valence-corrected chi connectivity index (χ3v) is 4.21. The summed E-state index contributed by atoms with van der Waals surface area (Å²) in [5, 5.41) is 2.94. The van der Waals surface area contributed by atoms with Crippen LogP contribution in [0, 0.1) is 0 Å². The normalized spacial score (nSPS) is 17.5. The summed E-state index contributed by atoms with van der Waals surface area (Å²) in [5.74, 6) is 0.477. The third-order valence-electron chi connectivity index (χ3n) is 4.21. The number of fused-ring (bicyclic) bond motifs is 1. The van der Waals surface area contributed by atoms with Gasteiger partial charge in [-0.25, -0.2) is 9.97 Å². The van der Waals surface area contributed by atoms with Crippen LogP contribution in [0.3, 0.4) is 0 Å². The van der Waals surface area contributed by atoms with Gasteiger partial charge in [-0.05, 0) is 25.0 Å². The first-order valence-electron chi connectivity index (χ1n) is 8.07. The maximum atomic E-state index is 12.6. The molecule has 0 spiro atoms. The van der Waals surface area contributed by atoms with Crippen molar-refractivity contribution in [3.05, 3.63) is 42.6 Å². The lowest BCUT2D eigenvalue weighted by Gasteiger charge is -2.09. The number of nitrogens with zero attached hydrogens (tertiary/aromatic N) is 4. The third kappa shape index (κ3) is 2.67. The number of hydrogen-bond donors (Lipinski definition) is 1. The summed E-state index contributed by atoms with van der Waals surface area (Å²) >= 11 is 0. The summed E-state index contributed by atoms with van der Waals surface area (Å²) in [5.41, 5.74) is 1.91. The molecule has 1 amide bonds. The number of aromatic nitrogens is 4. The average molecular weight is 325 g/mol. The highest BCUT2D eigenvalue weighted by atomic mass is 16.5. The van der Waals surface area contributed by atoms with E-state index in [2.05, 4.69) is 15.3 Å². The zero-order valence-electron chi connectivity index (χ0n) is 13.5. The van der Waals surface area contributed by atoms with Crippen LogP contribution in [0.1, 0.15) is 23.3 Å². The van der Waals surface area contributed by atoms with E-state index in [1.165, 1.54) is 0 Å². The van der Waals surface area contributed by atoms with Crippen LogP contribution < -0.4 is 5.32 Å². The molecule has 1 unspecified atom stereocenters. The van der Waals surface area contributed by atoms with Crippen molar-refractivity contribution in [3.8, 4) is 11.5 Å². The molecule has 7 nitrogen and oxygen atoms in total. The van der Waals surface area contributed by atoms with Crippen molar-refractivity contribution >= 4 is 11.4 Å². The van der Waals surface area contributed by atoms with Gasteiger partial charge in [0.2, 0.25) is 0 Å². The quantitative estimate of drug-likeness (QED) is 0.791. The molecule has 1 atom stereocenters. The Bertz CT molecular complexity index is 876. The van der Waals surface area contributed by atoms with E-state index in [0.29, 0.717) is 18.1 Å². The second-order valence-corrected chi connectivity index (χ2v) is 6.01. The maximum absolute atomic E-state index is 12.6. The number of pyridine rings is 1. The van der Waals surface area contributed by atoms with Crippen LogP contribution in [0.25, 0.3) is 17.0 Å². The fourth-order valence-corrected chi connectivity index (χ4v) is 3.01. The minimum atomic E-state index is -0.184. The van der Waals surface area contributed by atoms with E-state index >= 15 is 0 Å². The molecule has 7 heteroatoms. The number of hydrogen-bond acceptors (Lipinski definition) is 4. The number of aryl methyl sites for hydroxylation is 1. The van der Waals surface area contributed by atoms with E-state index in [0.717, 1.165) is 30.7 Å². The van der Waals surface area contributed by atoms with Crippen molar-refractivity contribution in [1.29, 1.82) is 0 Å². The zero-order valence-corrected chi connectivity index (χ0v) is 13.5. The lowest BCUT2D eigenvalue weighted by molar-refractivity contribution is 0.0855. The van der Waals surface area contributed by atoms with E-state index in [9.17, 15) is 4.79 Å². The van der Waals surface area contributed by atoms with E-state index in [1.54, 1.807) is 6.33 Å². The Balaban J connectivity index is 1.66. The molecular weight excluding hydrogens is 306 g/mol. The SMILES string of the molecule is Cn1cnc(-c2nc(C(=O)NCC3CCCO3)c3ccccn23)c1. The largest absolute Gasteiger partial charge is 0.376 e. The smallest absolute Gasteiger partial charge is 0.272 e. The Morgan fingerprint density at radius 3 is 3.12 bits per heavy atom. The highest BCUT2D eigenvalue weighted by Crippen LogP contribution is 2.21. The van der Waals surface area contributed by atoms with Crippen molar-refractivity contribution in [2.45, 2.75) is 18.9 Å². The van der Waals surface area contributed by atoms with Crippen LogP contribution >= 0.6 is 0 Å². The molecule has 0 bridgehead atoms. The summed E-state index contributed by atoms with van der Waals surface area (Å²) in [7, 11) is 1.90. The lowest BCUT2D eigenvalue weighted by atomic mass is 10.2. The molecule has 0 saturated carbocycles. The second kappa shape index (κ2) is 6.09. The van der Waals surface area contributed by atoms with Crippen molar-refractivity contribution in [2.75, 3.05) is 13.2 Å². The van der Waals surface area contributed by atoms with Gasteiger partial charge in [0.1, 0.15) is 5.69 Å². The molecule has 1 N–H and O–H groups in total. The van der Waals surface area contributed by atoms with Gasteiger partial charge < -0.3 is 14.6 Å². The summed E-state index contributed by atoms with van der Waals surface area (Å²) < 4.78 is 9.30. The van der Waals surface area contributed by atoms with Gasteiger partial charge in [0, 0.05) is 32.6 Å². The number of nitrogens with one attached hydrogen (secondary N) is 1. The van der Waals surface area contributed by atoms with Gasteiger partial charge in [-0.15, -0.1) is 0 Å². The molecule has 1 saturated heterocycles. The first kappa shape index (κ1) is 14.9. The predicted molar refractivity (Wildman–Crippen MR) is 88.7 cm³/mol. The summed E-state index contributed by atoms with van der Waals surface area (Å²) in [6.45, 7) is 1.29. The Hall–Kier alpha value is -2.67. The number of imidazole rings is 2. The summed E-state index contributed by atoms with van der Waals surface area (Å²) in [4.78, 5) is 21.5. The molecular formula is C17H19N5O2. The Morgan fingerprint density at radius 1 is 1.46 bits per heavy atom. The number of carbonyl (C=O) groups excluding carboxylic acids is 1. The van der Waals surface area contributed by atoms with E-state index in [-0.39, 0.29) is 12.0 Å². The van der Waals surface area contributed by atoms with Crippen molar-refractivity contribution < 1.29 is 9.53 Å². The van der Waals surface area contributed by atoms with Crippen LogP contribution in [-0.2, 0) is 11.8 Å². The molecule has 24 heavy (non-hydrogen) atoms. The minimum Gasteiger partial charge on any atom is -0.376 e. The zero-order chi connectivity index (χ0) is 16.5. The van der Waals surface area contributed by atoms with Gasteiger partial charge in [-0.1, -0.05) is 6.07 Å². The molecule has 1 aliphatic heterocycles. The highest BCUT2D eigenvalue weighted by molar-refractivity contribution is 5.99. The van der Waals surface area contributed by atoms with E-state index in [4.69, 9.17) is 4.74 Å². The first-order valence-corrected chi connectivity index (χ1v) is 8.07. The summed E-state index contributed by atoms with van der Waals surface area (Å²) in [6.07, 6.45) is 7.65. The molecule has 3 aromatic heterocycles. The molecule has 3 aromatic rings. The van der Waals surface area contributed by atoms with Crippen molar-refractivity contribution in [2.24, 2.45) is 7.05 Å². The molecule has 4 heterocycles. The fourth-order valence-electron chi connectivity index (χ4n) is 3.01. The number of amides is 1. The monoisotopic (exact) mass is 325 g/mol. The minimum absolute atomic E-state index is 0.109. The highest BCUT2D eigenvalue weighted by Gasteiger charge is 2.21. The number of rotatable bonds is 4. The summed E-state index contributed by atoms with van der Waals surface area (Å²) in [6, 6.07) is 5.70. The Labute approximate surface area is 139 Å². The van der Waals surface area contributed by atoms with Gasteiger partial charge >= 0.3 is 0 Å². The van der Waals surface area contributed by atoms with Crippen LogP contribution in [0.5, 0.6) is 0 Å². The molecule has 0 aliphatic carbocycles. The Morgan fingerprint density at radius 2 is 2.38 bits per heavy atom. The predicted octanol–water partition coefficient (Wildman–Crippen LogP) is 1.64. The molecule has 4 rings (SSSR count). The Kier molecular flexibility index (Phi) is 3.78. The average Bonchev–Trinajstić information content (AvgIpc) is 3.32. The van der Waals surface area contributed by atoms with Gasteiger partial charge in [0.15, 0.2) is 11.5 Å². The molecule has 0 radical (unpaired) electrons. The molecule has 0 aromatic carbocycles. The van der Waals surface area contributed by atoms with Crippen LogP contribution in [0.15, 0.2) is 36.9 Å². The van der Waals surface area contributed by atoms with Gasteiger partial charge in [-0.3, -0.25) is 9.20 Å². The lowest BCUT2D eigenvalue weighted by Crippen LogP contribution is -2.32. The van der Waals surface area contributed by atoms with Gasteiger partial charge in [-0.2, -0.15) is 0 Å². The maximum Gasteiger partial charge on any atom is 0.272 e. The standard InChI is InChI=1S/C17H19N5O2/c1-21-10-13(19-11-21)16-20-15(14-6-2-3-7-22(14)16)17(23)18-9-12-5-4-8-24-12/h2-3,6-7,10-12H,4-5,8-9H2,1H3,(H,18,23). The van der Waals surface area contributed by atoms with Crippen LogP contribution in [-0.4, -0.2) is 44.1 Å². The van der Waals surface area contributed by atoms with Gasteiger partial charge in [0.25, 0.3) is 5.91 Å². The van der Waals surface area contributed by atoms with Crippen LogP contribution in [0.4, 0.5) is 0 Å². The van der Waals surface area contributed by atoms with Gasteiger partial charge in [0.05, 0.1) is 17.9 Å². The topological polar surface area (TPSA) is 73.5 Å². The molecule has 1 aliphatic rings. The number of carbonyl (C=O) groups is 1. The molecule has 1 fully saturated rings.